The number of carboxylic acid groups (broad SMARTS) is 1. The molecular weight excluding hydrogens is 1510 g/mol. The molecule has 8 saturated heterocycles. The summed E-state index contributed by atoms with van der Waals surface area (Å²) in [5, 5.41) is 275. The zero-order valence-corrected chi connectivity index (χ0v) is 59.1. The molecule has 0 aromatic heterocycles. The van der Waals surface area contributed by atoms with Crippen molar-refractivity contribution in [3.05, 3.63) is 0 Å². The maximum atomic E-state index is 13.5. The number of amides is 4. The Bertz CT molecular complexity index is 2910. The Morgan fingerprint density at radius 3 is 1.28 bits per heavy atom. The first-order valence-corrected chi connectivity index (χ1v) is 34.8. The molecule has 49 heteroatoms. The van der Waals surface area contributed by atoms with E-state index >= 15 is 0 Å². The number of carbonyl (C=O) groups is 5. The van der Waals surface area contributed by atoms with Gasteiger partial charge in [-0.1, -0.05) is 0 Å². The van der Waals surface area contributed by atoms with Gasteiger partial charge in [-0.25, -0.2) is 4.79 Å². The van der Waals surface area contributed by atoms with Crippen LogP contribution in [-0.4, -0.2) is 469 Å². The summed E-state index contributed by atoms with van der Waals surface area (Å²) in [6.45, 7) is -5.33. The van der Waals surface area contributed by atoms with E-state index in [-0.39, 0.29) is 6.41 Å². The Kier molecular flexibility index (Phi) is 33.3. The lowest BCUT2D eigenvalue weighted by molar-refractivity contribution is -0.399. The van der Waals surface area contributed by atoms with Crippen molar-refractivity contribution < 1.29 is 222 Å². The first kappa shape index (κ1) is 91.3. The number of ether oxygens (including phenoxy) is 16. The van der Waals surface area contributed by atoms with Crippen LogP contribution in [0.15, 0.2) is 0 Å². The van der Waals surface area contributed by atoms with Gasteiger partial charge in [0.1, 0.15) is 183 Å². The van der Waals surface area contributed by atoms with Crippen LogP contribution in [0.25, 0.3) is 0 Å². The van der Waals surface area contributed by atoms with Crippen LogP contribution in [0.3, 0.4) is 0 Å². The molecular formula is C61H102N4O45. The maximum Gasteiger partial charge on any atom is 0.364 e. The van der Waals surface area contributed by atoms with Gasteiger partial charge in [-0.15, -0.1) is 0 Å². The van der Waals surface area contributed by atoms with Gasteiger partial charge in [0.25, 0.3) is 5.79 Å². The Labute approximate surface area is 622 Å². The van der Waals surface area contributed by atoms with Crippen molar-refractivity contribution in [3.63, 3.8) is 0 Å². The zero-order valence-electron chi connectivity index (χ0n) is 59.1. The second-order valence-electron chi connectivity index (χ2n) is 27.5. The Morgan fingerprint density at radius 1 is 0.427 bits per heavy atom. The van der Waals surface area contributed by atoms with Gasteiger partial charge < -0.3 is 220 Å². The third-order valence-electron chi connectivity index (χ3n) is 19.8. The molecule has 49 nitrogen and oxygen atoms in total. The first-order valence-electron chi connectivity index (χ1n) is 34.8. The fourth-order valence-electron chi connectivity index (χ4n) is 13.9. The van der Waals surface area contributed by atoms with Crippen LogP contribution in [0.4, 0.5) is 0 Å². The predicted octanol–water partition coefficient (Wildman–Crippen LogP) is -18.7. The van der Waals surface area contributed by atoms with Gasteiger partial charge in [0.2, 0.25) is 24.1 Å². The number of nitrogens with one attached hydrogen (secondary N) is 4. The predicted molar refractivity (Wildman–Crippen MR) is 339 cm³/mol. The maximum absolute atomic E-state index is 13.5. The number of carbonyl (C=O) groups excluding carboxylic acids is 4. The van der Waals surface area contributed by atoms with Crippen molar-refractivity contribution >= 4 is 30.1 Å². The highest BCUT2D eigenvalue weighted by Gasteiger charge is 2.63. The van der Waals surface area contributed by atoms with E-state index in [1.807, 2.05) is 0 Å². The molecule has 0 saturated carbocycles. The Balaban J connectivity index is 1.08. The molecule has 0 aliphatic carbocycles. The zero-order chi connectivity index (χ0) is 81.4. The summed E-state index contributed by atoms with van der Waals surface area (Å²) in [6.07, 6.45) is -79.3. The second kappa shape index (κ2) is 40.1. The third-order valence-corrected chi connectivity index (χ3v) is 19.8. The van der Waals surface area contributed by atoms with Crippen molar-refractivity contribution in [1.82, 2.24) is 21.3 Å². The van der Waals surface area contributed by atoms with Gasteiger partial charge >= 0.3 is 5.97 Å². The van der Waals surface area contributed by atoms with Crippen LogP contribution >= 0.6 is 0 Å². The lowest BCUT2D eigenvalue weighted by Gasteiger charge is -2.52. The summed E-state index contributed by atoms with van der Waals surface area (Å²) >= 11 is 0. The van der Waals surface area contributed by atoms with Gasteiger partial charge in [-0.05, 0) is 6.92 Å². The van der Waals surface area contributed by atoms with Crippen LogP contribution in [0.5, 0.6) is 0 Å². The monoisotopic (exact) mass is 1610 g/mol. The molecule has 42 atom stereocenters. The second-order valence-corrected chi connectivity index (χ2v) is 27.5. The normalized spacial score (nSPS) is 46.2. The third kappa shape index (κ3) is 20.2. The van der Waals surface area contributed by atoms with Crippen LogP contribution in [0.2, 0.25) is 0 Å². The molecule has 8 aliphatic rings. The highest BCUT2D eigenvalue weighted by atomic mass is 16.8. The van der Waals surface area contributed by atoms with Crippen LogP contribution < -0.4 is 21.3 Å². The van der Waals surface area contributed by atoms with Gasteiger partial charge in [0, 0.05) is 27.2 Å². The van der Waals surface area contributed by atoms with Crippen molar-refractivity contribution in [3.8, 4) is 0 Å². The van der Waals surface area contributed by atoms with Crippen LogP contribution in [0.1, 0.15) is 34.1 Å². The minimum atomic E-state index is -3.35. The molecule has 0 spiro atoms. The lowest BCUT2D eigenvalue weighted by Crippen LogP contribution is -2.72. The number of rotatable bonds is 33. The minimum Gasteiger partial charge on any atom is -0.477 e. The summed E-state index contributed by atoms with van der Waals surface area (Å²) in [5.41, 5.74) is 0. The van der Waals surface area contributed by atoms with E-state index in [9.17, 15) is 147 Å². The average molecular weight is 1610 g/mol. The first-order chi connectivity index (χ1) is 52.0. The molecule has 8 heterocycles. The van der Waals surface area contributed by atoms with Gasteiger partial charge in [0.05, 0.1) is 83.8 Å². The molecule has 0 bridgehead atoms. The largest absolute Gasteiger partial charge is 0.477 e. The lowest BCUT2D eigenvalue weighted by atomic mass is 9.88. The van der Waals surface area contributed by atoms with Gasteiger partial charge in [-0.3, -0.25) is 19.2 Å². The molecule has 4 amide bonds. The van der Waals surface area contributed by atoms with E-state index in [0.29, 0.717) is 0 Å². The number of hydrogen-bond acceptors (Lipinski definition) is 44. The van der Waals surface area contributed by atoms with Crippen molar-refractivity contribution in [2.45, 2.75) is 291 Å². The van der Waals surface area contributed by atoms with E-state index in [1.54, 1.807) is 0 Å². The number of hydrogen-bond donors (Lipinski definition) is 28. The summed E-state index contributed by atoms with van der Waals surface area (Å²) in [7, 11) is 0. The van der Waals surface area contributed by atoms with E-state index < -0.39 is 347 Å². The molecule has 0 aromatic rings. The molecule has 0 aromatic carbocycles. The van der Waals surface area contributed by atoms with Gasteiger partial charge in [0.15, 0.2) is 44.0 Å². The van der Waals surface area contributed by atoms with Crippen LogP contribution in [-0.2, 0) is 99.8 Å². The molecule has 110 heavy (non-hydrogen) atoms. The minimum absolute atomic E-state index is 0.250. The van der Waals surface area contributed by atoms with Crippen molar-refractivity contribution in [2.24, 2.45) is 0 Å². The Morgan fingerprint density at radius 2 is 0.818 bits per heavy atom. The summed E-state index contributed by atoms with van der Waals surface area (Å²) < 4.78 is 94.2. The molecule has 28 N–H and O–H groups in total. The number of aliphatic hydroxyl groups excluding tert-OH is 23. The van der Waals surface area contributed by atoms with Crippen LogP contribution in [0, 0.1) is 0 Å². The van der Waals surface area contributed by atoms with E-state index in [0.717, 1.165) is 20.8 Å². The van der Waals surface area contributed by atoms with Gasteiger partial charge in [-0.2, -0.15) is 0 Å². The molecule has 636 valence electrons. The quantitative estimate of drug-likeness (QED) is 0.0271. The fraction of sp³-hybridized carbons (Fsp3) is 0.918. The average Bonchev–Trinajstić information content (AvgIpc) is 0.522. The molecule has 0 unspecified atom stereocenters. The Hall–Kier alpha value is -4.21. The summed E-state index contributed by atoms with van der Waals surface area (Å²) in [6, 6.07) is -6.87. The standard InChI is InChI=1S/C61H102N4O45/c1-16-32(80)38(86)40(88)56(96-16)105-47-28(13-73)101-54(31(65-19(4)77)49(47)106-59-44(92)52(36(84)25(10-70)99-59)110-61(60(93)94)5-21(78)29(63-17(2)75)48(109-61)33(81)22(79)7-67)108-51-35(83)24(9-69)97-57(43(51)91)103-45-26(11-71)100-53(30(37(45)85)64-18(3)76)107-50-34(82)23(8-68)98-58(42(50)90)104-46-27(12-72)102-55(41(89)39(46)87)95-14-20(6-66)62-15-74/h15-16,20-59,66-73,78-92H,5-14H2,1-4H3,(H,62,74)(H,63,75)(H,64,76)(H,65,77)(H,93,94)/t16-,20+,21-,22+,23+,24+,25+,26+,27+,28+,29+,30+,31+,32+,33+,34-,35-,36-,37+,38+,39+,40-,41+,42+,43+,44+,45+,46+,47+,48+,49+,50-,51-,52-,53-,54-,55+,56-,57-,58-,59-,61-/m0/s1. The number of aliphatic hydroxyl groups is 23. The van der Waals surface area contributed by atoms with Crippen molar-refractivity contribution in [1.29, 1.82) is 0 Å². The summed E-state index contributed by atoms with van der Waals surface area (Å²) in [4.78, 5) is 63.1. The van der Waals surface area contributed by atoms with E-state index in [2.05, 4.69) is 21.3 Å². The molecule has 8 fully saturated rings. The smallest absolute Gasteiger partial charge is 0.364 e. The molecule has 0 radical (unpaired) electrons. The van der Waals surface area contributed by atoms with Crippen molar-refractivity contribution in [2.75, 3.05) is 59.5 Å². The SMILES string of the molecule is CC(=O)N[C@H]1[C@H](O[C@H]2[C@@H](O)[C@@H](CO)O[C@@H](O[C@H]3[C@H](O)[C@@H](O)[C@H](OC[C@@H](CO)NC=O)O[C@@H]3CO)[C@@H]2O)O[C@H](CO)[C@@H](O[C@@H]2O[C@H](CO)[C@H](O)[C@H](O[C@@H]3O[C@H](CO)[C@@H](O[C@@H]4O[C@@H](C)[C@@H](O)[C@@H](O)[C@@H]4O)[C@H](O[C@@H]4O[C@H](CO)[C@H](O)[C@H](O[C@]5(C(=O)O)C[C@H](O)[C@@H](NC(C)=O)[C@H]([C@H](O)[C@H](O)CO)O5)[C@H]4O)[C@H]3NC(C)=O)[C@H]2O)[C@@H]1O. The topological polar surface area (TPSA) is 767 Å². The van der Waals surface area contributed by atoms with E-state index in [1.165, 1.54) is 6.92 Å². The molecule has 8 aliphatic heterocycles. The summed E-state index contributed by atoms with van der Waals surface area (Å²) in [5.74, 6) is -8.43. The highest BCUT2D eigenvalue weighted by Crippen LogP contribution is 2.42. The molecule has 8 rings (SSSR count). The number of carboxylic acids is 1. The van der Waals surface area contributed by atoms with E-state index in [4.69, 9.17) is 75.8 Å². The number of aliphatic carboxylic acids is 1. The highest BCUT2D eigenvalue weighted by molar-refractivity contribution is 5.77. The fourth-order valence-corrected chi connectivity index (χ4v) is 13.9.